The summed E-state index contributed by atoms with van der Waals surface area (Å²) in [5.74, 6) is -0.946. The molecule has 0 aromatic carbocycles. The van der Waals surface area contributed by atoms with Crippen LogP contribution in [-0.2, 0) is 14.3 Å². The predicted octanol–water partition coefficient (Wildman–Crippen LogP) is 1.45. The van der Waals surface area contributed by atoms with Crippen LogP contribution in [0.15, 0.2) is 6.07 Å². The zero-order valence-corrected chi connectivity index (χ0v) is 10.9. The Morgan fingerprint density at radius 2 is 2.39 bits per heavy atom. The summed E-state index contributed by atoms with van der Waals surface area (Å²) in [5.41, 5.74) is 0.483. The molecule has 1 aliphatic rings. The monoisotopic (exact) mass is 264 g/mol. The normalized spacial score (nSPS) is 18.8. The number of nitrogens with zero attached hydrogens (tertiary/aromatic N) is 2. The van der Waals surface area contributed by atoms with Crippen LogP contribution in [-0.4, -0.2) is 25.5 Å². The van der Waals surface area contributed by atoms with Crippen LogP contribution >= 0.6 is 11.3 Å². The molecule has 1 aliphatic heterocycles. The van der Waals surface area contributed by atoms with Gasteiger partial charge in [-0.3, -0.25) is 9.59 Å². The zero-order chi connectivity index (χ0) is 13.3. The van der Waals surface area contributed by atoms with E-state index in [1.807, 2.05) is 6.92 Å². The second-order valence-corrected chi connectivity index (χ2v) is 5.35. The maximum Gasteiger partial charge on any atom is 0.311 e. The van der Waals surface area contributed by atoms with E-state index in [0.29, 0.717) is 17.1 Å². The first-order valence-corrected chi connectivity index (χ1v) is 6.27. The molecule has 0 saturated carbocycles. The molecule has 0 aliphatic carbocycles. The number of ether oxygens (including phenoxy) is 1. The second kappa shape index (κ2) is 4.78. The summed E-state index contributed by atoms with van der Waals surface area (Å²) in [7, 11) is 1.31. The Hall–Kier alpha value is -1.87. The van der Waals surface area contributed by atoms with Gasteiger partial charge in [-0.2, -0.15) is 5.26 Å². The largest absolute Gasteiger partial charge is 0.469 e. The number of hydrogen-bond donors (Lipinski definition) is 0. The number of anilines is 1. The summed E-state index contributed by atoms with van der Waals surface area (Å²) in [4.78, 5) is 25.8. The number of thiophene rings is 1. The molecule has 0 radical (unpaired) electrons. The van der Waals surface area contributed by atoms with Crippen LogP contribution in [0.4, 0.5) is 5.00 Å². The minimum absolute atomic E-state index is 0.135. The van der Waals surface area contributed by atoms with Gasteiger partial charge in [-0.25, -0.2) is 0 Å². The highest BCUT2D eigenvalue weighted by atomic mass is 32.1. The van der Waals surface area contributed by atoms with Crippen molar-refractivity contribution in [3.8, 4) is 6.07 Å². The van der Waals surface area contributed by atoms with Crippen LogP contribution in [0.5, 0.6) is 0 Å². The second-order valence-electron chi connectivity index (χ2n) is 4.12. The van der Waals surface area contributed by atoms with Gasteiger partial charge in [0.2, 0.25) is 5.91 Å². The van der Waals surface area contributed by atoms with Gasteiger partial charge in [0.05, 0.1) is 18.6 Å². The minimum Gasteiger partial charge on any atom is -0.469 e. The highest BCUT2D eigenvalue weighted by molar-refractivity contribution is 7.16. The highest BCUT2D eigenvalue weighted by Crippen LogP contribution is 2.35. The summed E-state index contributed by atoms with van der Waals surface area (Å²) >= 11 is 1.39. The molecule has 1 fully saturated rings. The van der Waals surface area contributed by atoms with Crippen molar-refractivity contribution < 1.29 is 14.3 Å². The lowest BCUT2D eigenvalue weighted by atomic mass is 10.1. The zero-order valence-electron chi connectivity index (χ0n) is 10.1. The van der Waals surface area contributed by atoms with Crippen molar-refractivity contribution in [2.45, 2.75) is 13.3 Å². The van der Waals surface area contributed by atoms with Crippen molar-refractivity contribution in [1.29, 1.82) is 5.26 Å². The van der Waals surface area contributed by atoms with E-state index >= 15 is 0 Å². The van der Waals surface area contributed by atoms with Crippen LogP contribution in [0.25, 0.3) is 0 Å². The van der Waals surface area contributed by atoms with Gasteiger partial charge in [0.1, 0.15) is 11.1 Å². The number of nitriles is 1. The van der Waals surface area contributed by atoms with Crippen molar-refractivity contribution in [3.05, 3.63) is 16.5 Å². The smallest absolute Gasteiger partial charge is 0.311 e. The maximum absolute atomic E-state index is 11.9. The van der Waals surface area contributed by atoms with E-state index in [1.54, 1.807) is 6.07 Å². The molecule has 0 bridgehead atoms. The number of carbonyl (C=O) groups is 2. The van der Waals surface area contributed by atoms with Crippen LogP contribution in [0, 0.1) is 24.2 Å². The summed E-state index contributed by atoms with van der Waals surface area (Å²) in [6, 6.07) is 3.82. The third-order valence-corrected chi connectivity index (χ3v) is 3.93. The SMILES string of the molecule is COC(=O)C1CC(=O)N(c2sc(C)cc2C#N)C1. The van der Waals surface area contributed by atoms with E-state index in [4.69, 9.17) is 5.26 Å². The van der Waals surface area contributed by atoms with Gasteiger partial charge in [-0.1, -0.05) is 0 Å². The standard InChI is InChI=1S/C12H12N2O3S/c1-7-3-8(5-13)11(18-7)14-6-9(4-10(14)15)12(16)17-2/h3,9H,4,6H2,1-2H3. The first kappa shape index (κ1) is 12.6. The number of hydrogen-bond acceptors (Lipinski definition) is 5. The maximum atomic E-state index is 11.9. The number of esters is 1. The first-order valence-electron chi connectivity index (χ1n) is 5.45. The molecular weight excluding hydrogens is 252 g/mol. The van der Waals surface area contributed by atoms with E-state index < -0.39 is 5.92 Å². The quantitative estimate of drug-likeness (QED) is 0.758. The third-order valence-electron chi connectivity index (χ3n) is 2.86. The fourth-order valence-electron chi connectivity index (χ4n) is 2.01. The molecule has 2 rings (SSSR count). The number of rotatable bonds is 2. The van der Waals surface area contributed by atoms with Crippen molar-refractivity contribution in [1.82, 2.24) is 0 Å². The molecule has 5 nitrogen and oxygen atoms in total. The summed E-state index contributed by atoms with van der Waals surface area (Å²) in [5, 5.41) is 9.66. The average molecular weight is 264 g/mol. The molecule has 6 heteroatoms. The Bertz CT molecular complexity index is 544. The number of aryl methyl sites for hydroxylation is 1. The lowest BCUT2D eigenvalue weighted by molar-refractivity contribution is -0.145. The molecule has 1 atom stereocenters. The average Bonchev–Trinajstić information content (AvgIpc) is 2.91. The molecule has 0 spiro atoms. The van der Waals surface area contributed by atoms with Gasteiger partial charge in [0, 0.05) is 17.8 Å². The molecule has 1 aromatic heterocycles. The Balaban J connectivity index is 2.27. The summed E-state index contributed by atoms with van der Waals surface area (Å²) < 4.78 is 4.65. The fraction of sp³-hybridized carbons (Fsp3) is 0.417. The van der Waals surface area contributed by atoms with Crippen LogP contribution in [0.2, 0.25) is 0 Å². The van der Waals surface area contributed by atoms with Gasteiger partial charge < -0.3 is 9.64 Å². The van der Waals surface area contributed by atoms with Crippen molar-refractivity contribution in [3.63, 3.8) is 0 Å². The Morgan fingerprint density at radius 1 is 1.67 bits per heavy atom. The molecule has 0 N–H and O–H groups in total. The van der Waals surface area contributed by atoms with E-state index in [2.05, 4.69) is 10.8 Å². The van der Waals surface area contributed by atoms with Crippen molar-refractivity contribution in [2.75, 3.05) is 18.6 Å². The van der Waals surface area contributed by atoms with E-state index in [-0.39, 0.29) is 18.3 Å². The third kappa shape index (κ3) is 2.09. The van der Waals surface area contributed by atoms with Gasteiger partial charge in [-0.05, 0) is 13.0 Å². The first-order chi connectivity index (χ1) is 8.56. The summed E-state index contributed by atoms with van der Waals surface area (Å²) in [6.45, 7) is 2.17. The van der Waals surface area contributed by atoms with Gasteiger partial charge in [-0.15, -0.1) is 11.3 Å². The van der Waals surface area contributed by atoms with E-state index in [0.717, 1.165) is 4.88 Å². The van der Waals surface area contributed by atoms with Crippen LogP contribution in [0.1, 0.15) is 16.9 Å². The Morgan fingerprint density at radius 3 is 3.00 bits per heavy atom. The minimum atomic E-state index is -0.434. The Labute approximate surface area is 109 Å². The highest BCUT2D eigenvalue weighted by Gasteiger charge is 2.37. The molecule has 1 aromatic rings. The Kier molecular flexibility index (Phi) is 3.34. The van der Waals surface area contributed by atoms with Gasteiger partial charge >= 0.3 is 5.97 Å². The molecule has 2 heterocycles. The van der Waals surface area contributed by atoms with E-state index in [9.17, 15) is 9.59 Å². The molecular formula is C12H12N2O3S. The molecule has 1 amide bonds. The van der Waals surface area contributed by atoms with Crippen molar-refractivity contribution >= 4 is 28.2 Å². The lowest BCUT2D eigenvalue weighted by Gasteiger charge is -2.14. The number of methoxy groups -OCH3 is 1. The van der Waals surface area contributed by atoms with E-state index in [1.165, 1.54) is 23.3 Å². The van der Waals surface area contributed by atoms with Gasteiger partial charge in [0.25, 0.3) is 0 Å². The van der Waals surface area contributed by atoms with Crippen LogP contribution < -0.4 is 4.90 Å². The molecule has 94 valence electrons. The van der Waals surface area contributed by atoms with Crippen molar-refractivity contribution in [2.24, 2.45) is 5.92 Å². The van der Waals surface area contributed by atoms with Crippen LogP contribution in [0.3, 0.4) is 0 Å². The fourth-order valence-corrected chi connectivity index (χ4v) is 2.99. The predicted molar refractivity (Wildman–Crippen MR) is 66.2 cm³/mol. The number of carbonyl (C=O) groups excluding carboxylic acids is 2. The molecule has 1 unspecified atom stereocenters. The van der Waals surface area contributed by atoms with Gasteiger partial charge in [0.15, 0.2) is 0 Å². The topological polar surface area (TPSA) is 70.4 Å². The molecule has 18 heavy (non-hydrogen) atoms. The number of amides is 1. The lowest BCUT2D eigenvalue weighted by Crippen LogP contribution is -2.25. The summed E-state index contributed by atoms with van der Waals surface area (Å²) in [6.07, 6.45) is 0.147. The molecule has 1 saturated heterocycles.